The molecule has 2 aromatic carbocycles. The number of fused-ring (bicyclic) bond motifs is 2. The maximum atomic E-state index is 13.0. The maximum absolute atomic E-state index is 13.0. The van der Waals surface area contributed by atoms with Crippen LogP contribution in [0.2, 0.25) is 0 Å². The van der Waals surface area contributed by atoms with Crippen molar-refractivity contribution in [1.82, 2.24) is 9.88 Å². The predicted octanol–water partition coefficient (Wildman–Crippen LogP) is 3.66. The van der Waals surface area contributed by atoms with Gasteiger partial charge in [-0.2, -0.15) is 0 Å². The lowest BCUT2D eigenvalue weighted by Crippen LogP contribution is -2.53. The normalized spacial score (nSPS) is 16.3. The van der Waals surface area contributed by atoms with Crippen molar-refractivity contribution in [3.8, 4) is 0 Å². The van der Waals surface area contributed by atoms with Gasteiger partial charge in [-0.1, -0.05) is 32.0 Å². The molecule has 6 nitrogen and oxygen atoms in total. The molecule has 1 aliphatic rings. The zero-order chi connectivity index (χ0) is 19.0. The number of nitrogens with one attached hydrogen (secondary N) is 3. The van der Waals surface area contributed by atoms with E-state index < -0.39 is 0 Å². The van der Waals surface area contributed by atoms with E-state index in [-0.39, 0.29) is 30.4 Å². The fourth-order valence-corrected chi connectivity index (χ4v) is 3.49. The Morgan fingerprint density at radius 2 is 2.00 bits per heavy atom. The summed E-state index contributed by atoms with van der Waals surface area (Å²) in [4.78, 5) is 30.3. The van der Waals surface area contributed by atoms with Crippen LogP contribution in [0.3, 0.4) is 0 Å². The summed E-state index contributed by atoms with van der Waals surface area (Å²) in [5.41, 5.74) is 3.07. The second kappa shape index (κ2) is 6.79. The first-order valence-corrected chi connectivity index (χ1v) is 9.06. The predicted molar refractivity (Wildman–Crippen MR) is 107 cm³/mol. The third-order valence-corrected chi connectivity index (χ3v) is 4.84. The van der Waals surface area contributed by atoms with E-state index in [0.29, 0.717) is 11.3 Å². The van der Waals surface area contributed by atoms with E-state index in [1.807, 2.05) is 62.5 Å². The number of carbonyl (C=O) groups is 2. The third-order valence-electron chi connectivity index (χ3n) is 4.84. The molecule has 1 aliphatic heterocycles. The number of hydrogen-bond donors (Lipinski definition) is 3. The zero-order valence-electron chi connectivity index (χ0n) is 15.3. The van der Waals surface area contributed by atoms with Crippen molar-refractivity contribution >= 4 is 34.1 Å². The van der Waals surface area contributed by atoms with Gasteiger partial charge in [-0.05, 0) is 41.6 Å². The van der Waals surface area contributed by atoms with Crippen LogP contribution in [0.5, 0.6) is 0 Å². The highest BCUT2D eigenvalue weighted by Crippen LogP contribution is 2.28. The van der Waals surface area contributed by atoms with Crippen molar-refractivity contribution < 1.29 is 9.59 Å². The highest BCUT2D eigenvalue weighted by molar-refractivity contribution is 6.04. The van der Waals surface area contributed by atoms with E-state index in [0.717, 1.165) is 16.6 Å². The summed E-state index contributed by atoms with van der Waals surface area (Å²) < 4.78 is 0. The van der Waals surface area contributed by atoms with Crippen LogP contribution in [0, 0.1) is 5.92 Å². The van der Waals surface area contributed by atoms with E-state index >= 15 is 0 Å². The number of rotatable bonds is 4. The van der Waals surface area contributed by atoms with Gasteiger partial charge < -0.3 is 20.5 Å². The van der Waals surface area contributed by atoms with E-state index in [1.165, 1.54) is 0 Å². The van der Waals surface area contributed by atoms with E-state index in [2.05, 4.69) is 15.6 Å². The fraction of sp³-hybridized carbons (Fsp3) is 0.238. The number of para-hydroxylation sites is 1. The molecule has 27 heavy (non-hydrogen) atoms. The van der Waals surface area contributed by atoms with Gasteiger partial charge in [0.2, 0.25) is 5.91 Å². The van der Waals surface area contributed by atoms with Crippen LogP contribution >= 0.6 is 0 Å². The minimum absolute atomic E-state index is 0.00816. The molecular formula is C21H22N4O2. The van der Waals surface area contributed by atoms with E-state index in [4.69, 9.17) is 0 Å². The van der Waals surface area contributed by atoms with E-state index in [9.17, 15) is 9.59 Å². The molecule has 0 spiro atoms. The lowest BCUT2D eigenvalue weighted by molar-refractivity contribution is -0.117. The number of aromatic amines is 1. The summed E-state index contributed by atoms with van der Waals surface area (Å²) in [6.45, 7) is 4.05. The first-order valence-electron chi connectivity index (χ1n) is 9.06. The van der Waals surface area contributed by atoms with Crippen LogP contribution < -0.4 is 10.6 Å². The second-order valence-corrected chi connectivity index (χ2v) is 7.14. The summed E-state index contributed by atoms with van der Waals surface area (Å²) >= 11 is 0. The zero-order valence-corrected chi connectivity index (χ0v) is 15.3. The average Bonchev–Trinajstić information content (AvgIpc) is 3.11. The van der Waals surface area contributed by atoms with Crippen LogP contribution in [0.1, 0.15) is 24.2 Å². The molecule has 0 saturated carbocycles. The van der Waals surface area contributed by atoms with Crippen LogP contribution in [0.4, 0.5) is 11.4 Å². The lowest BCUT2D eigenvalue weighted by Gasteiger charge is -2.39. The number of hydrogen-bond acceptors (Lipinski definition) is 3. The molecule has 3 aromatic rings. The van der Waals surface area contributed by atoms with Crippen molar-refractivity contribution in [3.05, 3.63) is 60.3 Å². The molecule has 1 aromatic heterocycles. The van der Waals surface area contributed by atoms with Crippen LogP contribution in [-0.4, -0.2) is 34.4 Å². The van der Waals surface area contributed by atoms with Gasteiger partial charge in [0.05, 0.1) is 5.56 Å². The van der Waals surface area contributed by atoms with Crippen molar-refractivity contribution in [2.75, 3.05) is 17.2 Å². The summed E-state index contributed by atoms with van der Waals surface area (Å²) in [6, 6.07) is 15.1. The standard InChI is InChI=1S/C21H22N4O2/c1-13(2)20-24-17-6-4-3-5-16(17)21(27)25(20)12-19(26)23-15-8-7-14-9-10-22-18(14)11-15/h3-11,13,20,22,24H,12H2,1-2H3,(H,23,26). The number of amides is 2. The van der Waals surface area contributed by atoms with Gasteiger partial charge in [0.25, 0.3) is 5.91 Å². The van der Waals surface area contributed by atoms with Gasteiger partial charge >= 0.3 is 0 Å². The van der Waals surface area contributed by atoms with Crippen LogP contribution in [0.15, 0.2) is 54.7 Å². The molecular weight excluding hydrogens is 340 g/mol. The number of benzene rings is 2. The summed E-state index contributed by atoms with van der Waals surface area (Å²) in [5, 5.41) is 7.36. The molecule has 0 bridgehead atoms. The number of aromatic nitrogens is 1. The lowest BCUT2D eigenvalue weighted by atomic mass is 10.0. The quantitative estimate of drug-likeness (QED) is 0.663. The Bertz CT molecular complexity index is 1010. The largest absolute Gasteiger partial charge is 0.364 e. The highest BCUT2D eigenvalue weighted by atomic mass is 16.2. The Labute approximate surface area is 157 Å². The number of H-pyrrole nitrogens is 1. The average molecular weight is 362 g/mol. The number of carbonyl (C=O) groups excluding carboxylic acids is 2. The van der Waals surface area contributed by atoms with Gasteiger partial charge in [0, 0.05) is 23.1 Å². The molecule has 0 saturated heterocycles. The first-order chi connectivity index (χ1) is 13.0. The molecule has 138 valence electrons. The molecule has 2 heterocycles. The van der Waals surface area contributed by atoms with Crippen LogP contribution in [0.25, 0.3) is 10.9 Å². The minimum Gasteiger partial charge on any atom is -0.364 e. The Morgan fingerprint density at radius 3 is 2.81 bits per heavy atom. The summed E-state index contributed by atoms with van der Waals surface area (Å²) in [6.07, 6.45) is 1.63. The first kappa shape index (κ1) is 17.1. The van der Waals surface area contributed by atoms with Crippen LogP contribution in [-0.2, 0) is 4.79 Å². The van der Waals surface area contributed by atoms with Crippen molar-refractivity contribution in [3.63, 3.8) is 0 Å². The molecule has 1 unspecified atom stereocenters. The molecule has 1 atom stereocenters. The highest BCUT2D eigenvalue weighted by Gasteiger charge is 2.34. The Hall–Kier alpha value is -3.28. The maximum Gasteiger partial charge on any atom is 0.258 e. The molecule has 2 amide bonds. The minimum atomic E-state index is -0.232. The third kappa shape index (κ3) is 3.26. The number of nitrogens with zero attached hydrogens (tertiary/aromatic N) is 1. The van der Waals surface area contributed by atoms with Gasteiger partial charge in [-0.15, -0.1) is 0 Å². The Balaban J connectivity index is 1.54. The Kier molecular flexibility index (Phi) is 4.32. The summed E-state index contributed by atoms with van der Waals surface area (Å²) in [5.74, 6) is -0.190. The molecule has 0 aliphatic carbocycles. The van der Waals surface area contributed by atoms with Gasteiger partial charge in [-0.25, -0.2) is 0 Å². The molecule has 4 rings (SSSR count). The van der Waals surface area contributed by atoms with Crippen molar-refractivity contribution in [1.29, 1.82) is 0 Å². The summed E-state index contributed by atoms with van der Waals surface area (Å²) in [7, 11) is 0. The van der Waals surface area contributed by atoms with Crippen molar-refractivity contribution in [2.24, 2.45) is 5.92 Å². The molecule has 0 radical (unpaired) electrons. The van der Waals surface area contributed by atoms with Gasteiger partial charge in [-0.3, -0.25) is 9.59 Å². The molecule has 0 fully saturated rings. The van der Waals surface area contributed by atoms with Gasteiger partial charge in [0.15, 0.2) is 0 Å². The van der Waals surface area contributed by atoms with Crippen molar-refractivity contribution in [2.45, 2.75) is 20.0 Å². The fourth-order valence-electron chi connectivity index (χ4n) is 3.49. The van der Waals surface area contributed by atoms with E-state index in [1.54, 1.807) is 11.0 Å². The topological polar surface area (TPSA) is 77.2 Å². The molecule has 6 heteroatoms. The smallest absolute Gasteiger partial charge is 0.258 e. The second-order valence-electron chi connectivity index (χ2n) is 7.14. The Morgan fingerprint density at radius 1 is 1.19 bits per heavy atom. The monoisotopic (exact) mass is 362 g/mol. The van der Waals surface area contributed by atoms with Gasteiger partial charge in [0.1, 0.15) is 12.7 Å². The SMILES string of the molecule is CC(C)C1Nc2ccccc2C(=O)N1CC(=O)Nc1ccc2cc[nH]c2c1. The number of anilines is 2. The molecule has 3 N–H and O–H groups in total.